The summed E-state index contributed by atoms with van der Waals surface area (Å²) in [4.78, 5) is 9.15. The molecule has 2 rings (SSSR count). The third-order valence-electron chi connectivity index (χ3n) is 2.88. The van der Waals surface area contributed by atoms with Crippen LogP contribution in [-0.2, 0) is 12.0 Å². The summed E-state index contributed by atoms with van der Waals surface area (Å²) >= 11 is 0. The average molecular weight is 289 g/mol. The van der Waals surface area contributed by atoms with Crippen LogP contribution in [0, 0.1) is 6.92 Å². The van der Waals surface area contributed by atoms with E-state index >= 15 is 0 Å². The van der Waals surface area contributed by atoms with Gasteiger partial charge in [-0.2, -0.15) is 0 Å². The molecule has 2 aromatic heterocycles. The molecule has 0 bridgehead atoms. The number of hydrogen-bond donors (Lipinski definition) is 2. The van der Waals surface area contributed by atoms with Gasteiger partial charge in [0.05, 0.1) is 6.54 Å². The van der Waals surface area contributed by atoms with Crippen LogP contribution in [0.2, 0.25) is 0 Å². The molecule has 0 aromatic carbocycles. The minimum absolute atomic E-state index is 0.105. The first kappa shape index (κ1) is 15.3. The maximum atomic E-state index is 5.06. The van der Waals surface area contributed by atoms with Gasteiger partial charge in [0.2, 0.25) is 0 Å². The zero-order valence-electron chi connectivity index (χ0n) is 13.3. The van der Waals surface area contributed by atoms with Gasteiger partial charge in [0, 0.05) is 24.1 Å². The van der Waals surface area contributed by atoms with Crippen molar-refractivity contribution in [1.82, 2.24) is 15.1 Å². The molecule has 0 amide bonds. The number of aryl methyl sites for hydroxylation is 1. The summed E-state index contributed by atoms with van der Waals surface area (Å²) in [7, 11) is 0. The highest BCUT2D eigenvalue weighted by molar-refractivity contribution is 5.48. The predicted octanol–water partition coefficient (Wildman–Crippen LogP) is 3.11. The molecule has 21 heavy (non-hydrogen) atoms. The van der Waals surface area contributed by atoms with Gasteiger partial charge in [0.15, 0.2) is 0 Å². The van der Waals surface area contributed by atoms with Gasteiger partial charge in [0.1, 0.15) is 28.9 Å². The van der Waals surface area contributed by atoms with E-state index in [-0.39, 0.29) is 5.41 Å². The van der Waals surface area contributed by atoms with Crippen molar-refractivity contribution in [2.45, 2.75) is 46.6 Å². The first-order valence-corrected chi connectivity index (χ1v) is 7.18. The van der Waals surface area contributed by atoms with Crippen LogP contribution in [0.3, 0.4) is 0 Å². The Bertz CT molecular complexity index is 600. The Morgan fingerprint density at radius 3 is 2.29 bits per heavy atom. The lowest BCUT2D eigenvalue weighted by Gasteiger charge is -2.19. The molecule has 114 valence electrons. The fraction of sp³-hybridized carbons (Fsp3) is 0.533. The molecule has 2 N–H and O–H groups in total. The van der Waals surface area contributed by atoms with E-state index < -0.39 is 0 Å². The van der Waals surface area contributed by atoms with Gasteiger partial charge in [-0.15, -0.1) is 0 Å². The predicted molar refractivity (Wildman–Crippen MR) is 83.5 cm³/mol. The summed E-state index contributed by atoms with van der Waals surface area (Å²) in [5.41, 5.74) is 0.750. The fourth-order valence-electron chi connectivity index (χ4n) is 1.83. The maximum Gasteiger partial charge on any atom is 0.138 e. The summed E-state index contributed by atoms with van der Waals surface area (Å²) in [5.74, 6) is 3.22. The van der Waals surface area contributed by atoms with Gasteiger partial charge in [0.25, 0.3) is 0 Å². The summed E-state index contributed by atoms with van der Waals surface area (Å²) in [6.45, 7) is 11.6. The minimum Gasteiger partial charge on any atom is -0.370 e. The standard InChI is InChI=1S/C15H23N5O/c1-6-16-12-8-13(19-14(18-12)15(3,4)5)17-9-11-7-10(2)21-20-11/h7-8H,6,9H2,1-5H3,(H2,16,17,18,19). The lowest BCUT2D eigenvalue weighted by molar-refractivity contribution is 0.391. The van der Waals surface area contributed by atoms with E-state index in [1.807, 2.05) is 26.0 Å². The maximum absolute atomic E-state index is 5.06. The van der Waals surface area contributed by atoms with E-state index in [1.54, 1.807) is 0 Å². The summed E-state index contributed by atoms with van der Waals surface area (Å²) in [6, 6.07) is 3.82. The van der Waals surface area contributed by atoms with Crippen LogP contribution in [0.5, 0.6) is 0 Å². The van der Waals surface area contributed by atoms with Gasteiger partial charge in [-0.3, -0.25) is 0 Å². The van der Waals surface area contributed by atoms with Crippen LogP contribution in [0.4, 0.5) is 11.6 Å². The highest BCUT2D eigenvalue weighted by Gasteiger charge is 2.19. The lowest BCUT2D eigenvalue weighted by atomic mass is 9.96. The Kier molecular flexibility index (Phi) is 4.45. The summed E-state index contributed by atoms with van der Waals surface area (Å²) < 4.78 is 5.06. The molecule has 0 aliphatic heterocycles. The minimum atomic E-state index is -0.105. The number of hydrogen-bond acceptors (Lipinski definition) is 6. The average Bonchev–Trinajstić information content (AvgIpc) is 2.81. The van der Waals surface area contributed by atoms with Crippen molar-refractivity contribution in [1.29, 1.82) is 0 Å². The molecule has 0 fully saturated rings. The van der Waals surface area contributed by atoms with E-state index in [4.69, 9.17) is 4.52 Å². The van der Waals surface area contributed by atoms with Crippen LogP contribution in [-0.4, -0.2) is 21.7 Å². The molecule has 0 aliphatic rings. The highest BCUT2D eigenvalue weighted by atomic mass is 16.5. The number of nitrogens with one attached hydrogen (secondary N) is 2. The molecular formula is C15H23N5O. The Morgan fingerprint density at radius 1 is 1.10 bits per heavy atom. The first-order chi connectivity index (χ1) is 9.88. The summed E-state index contributed by atoms with van der Waals surface area (Å²) in [6.07, 6.45) is 0. The molecule has 0 atom stereocenters. The highest BCUT2D eigenvalue weighted by Crippen LogP contribution is 2.22. The van der Waals surface area contributed by atoms with Crippen molar-refractivity contribution < 1.29 is 4.52 Å². The number of aromatic nitrogens is 3. The van der Waals surface area contributed by atoms with Gasteiger partial charge in [-0.05, 0) is 13.8 Å². The quantitative estimate of drug-likeness (QED) is 0.880. The molecule has 2 heterocycles. The van der Waals surface area contributed by atoms with Gasteiger partial charge < -0.3 is 15.2 Å². The number of rotatable bonds is 5. The normalized spacial score (nSPS) is 11.5. The smallest absolute Gasteiger partial charge is 0.138 e. The third kappa shape index (κ3) is 4.18. The van der Waals surface area contributed by atoms with Crippen LogP contribution >= 0.6 is 0 Å². The van der Waals surface area contributed by atoms with Crippen molar-refractivity contribution >= 4 is 11.6 Å². The van der Waals surface area contributed by atoms with E-state index in [1.165, 1.54) is 0 Å². The zero-order valence-corrected chi connectivity index (χ0v) is 13.3. The Labute approximate surface area is 125 Å². The van der Waals surface area contributed by atoms with Gasteiger partial charge in [-0.25, -0.2) is 9.97 Å². The molecule has 0 saturated heterocycles. The van der Waals surface area contributed by atoms with Crippen LogP contribution in [0.15, 0.2) is 16.7 Å². The van der Waals surface area contributed by atoms with E-state index in [0.29, 0.717) is 6.54 Å². The van der Waals surface area contributed by atoms with E-state index in [2.05, 4.69) is 46.5 Å². The molecule has 2 aromatic rings. The SMILES string of the molecule is CCNc1cc(NCc2cc(C)on2)nc(C(C)(C)C)n1. The van der Waals surface area contributed by atoms with Crippen molar-refractivity contribution in [3.05, 3.63) is 29.4 Å². The lowest BCUT2D eigenvalue weighted by Crippen LogP contribution is -2.18. The largest absolute Gasteiger partial charge is 0.370 e. The monoisotopic (exact) mass is 289 g/mol. The summed E-state index contributed by atoms with van der Waals surface area (Å²) in [5, 5.41) is 10.5. The van der Waals surface area contributed by atoms with Crippen molar-refractivity contribution in [3.8, 4) is 0 Å². The second-order valence-electron chi connectivity index (χ2n) is 6.02. The van der Waals surface area contributed by atoms with Crippen molar-refractivity contribution in [2.24, 2.45) is 0 Å². The van der Waals surface area contributed by atoms with Crippen LogP contribution in [0.1, 0.15) is 45.0 Å². The van der Waals surface area contributed by atoms with Crippen molar-refractivity contribution in [2.75, 3.05) is 17.2 Å². The number of anilines is 2. The third-order valence-corrected chi connectivity index (χ3v) is 2.88. The Morgan fingerprint density at radius 2 is 1.76 bits per heavy atom. The molecule has 6 nitrogen and oxygen atoms in total. The van der Waals surface area contributed by atoms with E-state index in [0.717, 1.165) is 35.5 Å². The number of nitrogens with zero attached hydrogens (tertiary/aromatic N) is 3. The molecule has 6 heteroatoms. The zero-order chi connectivity index (χ0) is 15.5. The first-order valence-electron chi connectivity index (χ1n) is 7.18. The second kappa shape index (κ2) is 6.11. The van der Waals surface area contributed by atoms with Gasteiger partial charge >= 0.3 is 0 Å². The molecule has 0 radical (unpaired) electrons. The van der Waals surface area contributed by atoms with Gasteiger partial charge in [-0.1, -0.05) is 25.9 Å². The second-order valence-corrected chi connectivity index (χ2v) is 6.02. The Hall–Kier alpha value is -2.11. The molecule has 0 aliphatic carbocycles. The molecule has 0 unspecified atom stereocenters. The van der Waals surface area contributed by atoms with E-state index in [9.17, 15) is 0 Å². The topological polar surface area (TPSA) is 75.9 Å². The van der Waals surface area contributed by atoms with Crippen LogP contribution in [0.25, 0.3) is 0 Å². The van der Waals surface area contributed by atoms with Crippen LogP contribution < -0.4 is 10.6 Å². The molecular weight excluding hydrogens is 266 g/mol. The van der Waals surface area contributed by atoms with Crippen molar-refractivity contribution in [3.63, 3.8) is 0 Å². The molecule has 0 spiro atoms. The molecule has 0 saturated carbocycles. The fourth-order valence-corrected chi connectivity index (χ4v) is 1.83. The Balaban J connectivity index is 2.19.